The largest absolute Gasteiger partial charge is 0.334 e. The van der Waals surface area contributed by atoms with Crippen LogP contribution in [0.25, 0.3) is 0 Å². The van der Waals surface area contributed by atoms with Crippen molar-refractivity contribution in [1.82, 2.24) is 4.90 Å². The number of fused-ring (bicyclic) bond motifs is 1. The number of nitrogens with one attached hydrogen (secondary N) is 1. The van der Waals surface area contributed by atoms with E-state index in [0.29, 0.717) is 18.0 Å². The van der Waals surface area contributed by atoms with E-state index in [1.54, 1.807) is 6.07 Å². The van der Waals surface area contributed by atoms with Crippen molar-refractivity contribution >= 4 is 29.3 Å². The van der Waals surface area contributed by atoms with Gasteiger partial charge in [-0.3, -0.25) is 9.59 Å². The van der Waals surface area contributed by atoms with Crippen LogP contribution < -0.4 is 11.1 Å². The molecule has 3 rings (SSSR count). The normalized spacial score (nSPS) is 27.3. The number of hydrogen-bond acceptors (Lipinski definition) is 4. The van der Waals surface area contributed by atoms with E-state index >= 15 is 0 Å². The van der Waals surface area contributed by atoms with Crippen molar-refractivity contribution in [3.63, 3.8) is 0 Å². The second-order valence-electron chi connectivity index (χ2n) is 6.38. The summed E-state index contributed by atoms with van der Waals surface area (Å²) in [6.45, 7) is 5.27. The van der Waals surface area contributed by atoms with Crippen molar-refractivity contribution < 1.29 is 9.59 Å². The number of amides is 2. The molecule has 3 N–H and O–H groups in total. The van der Waals surface area contributed by atoms with Crippen molar-refractivity contribution in [1.29, 1.82) is 0 Å². The summed E-state index contributed by atoms with van der Waals surface area (Å²) in [5.74, 6) is 0.414. The van der Waals surface area contributed by atoms with Crippen molar-refractivity contribution in [2.75, 3.05) is 18.4 Å². The van der Waals surface area contributed by atoms with Crippen molar-refractivity contribution in [2.45, 2.75) is 42.9 Å². The number of thioether (sulfide) groups is 1. The number of nitrogens with zero attached hydrogens (tertiary/aromatic N) is 1. The van der Waals surface area contributed by atoms with E-state index in [4.69, 9.17) is 5.73 Å². The summed E-state index contributed by atoms with van der Waals surface area (Å²) < 4.78 is 0. The van der Waals surface area contributed by atoms with Crippen LogP contribution in [0.3, 0.4) is 0 Å². The molecule has 1 aromatic carbocycles. The lowest BCUT2D eigenvalue weighted by molar-refractivity contribution is -0.115. The predicted molar refractivity (Wildman–Crippen MR) is 92.7 cm³/mol. The molecule has 1 saturated heterocycles. The fraction of sp³-hybridized carbons (Fsp3) is 0.529. The molecular formula is C17H23N3O2S. The fourth-order valence-electron chi connectivity index (χ4n) is 3.37. The summed E-state index contributed by atoms with van der Waals surface area (Å²) in [6.07, 6.45) is 2.12. The number of benzene rings is 1. The third-order valence-corrected chi connectivity index (χ3v) is 5.95. The van der Waals surface area contributed by atoms with Crippen molar-refractivity contribution in [3.8, 4) is 0 Å². The molecule has 2 aliphatic heterocycles. The molecule has 0 unspecified atom stereocenters. The first-order valence-corrected chi connectivity index (χ1v) is 9.02. The zero-order valence-corrected chi connectivity index (χ0v) is 14.4. The third-order valence-electron chi connectivity index (χ3n) is 4.78. The topological polar surface area (TPSA) is 75.4 Å². The van der Waals surface area contributed by atoms with Gasteiger partial charge in [0.05, 0.1) is 10.9 Å². The summed E-state index contributed by atoms with van der Waals surface area (Å²) in [6, 6.07) is 5.66. The maximum atomic E-state index is 12.9. The van der Waals surface area contributed by atoms with Gasteiger partial charge in [-0.15, -0.1) is 11.8 Å². The minimum absolute atomic E-state index is 0.00710. The van der Waals surface area contributed by atoms with Crippen LogP contribution in [0.1, 0.15) is 37.0 Å². The molecule has 1 aromatic rings. The van der Waals surface area contributed by atoms with Gasteiger partial charge in [-0.2, -0.15) is 0 Å². The van der Waals surface area contributed by atoms with Crippen LogP contribution in [0, 0.1) is 5.92 Å². The first kappa shape index (κ1) is 16.3. The molecule has 1 fully saturated rings. The Hall–Kier alpha value is -1.53. The Bertz CT molecular complexity index is 634. The third kappa shape index (κ3) is 3.10. The second kappa shape index (κ2) is 6.53. The summed E-state index contributed by atoms with van der Waals surface area (Å²) in [7, 11) is 0. The summed E-state index contributed by atoms with van der Waals surface area (Å²) >= 11 is 1.52. The molecule has 0 saturated carbocycles. The average molecular weight is 333 g/mol. The zero-order valence-electron chi connectivity index (χ0n) is 13.5. The lowest BCUT2D eigenvalue weighted by Crippen LogP contribution is -2.51. The van der Waals surface area contributed by atoms with Gasteiger partial charge in [-0.1, -0.05) is 6.92 Å². The van der Waals surface area contributed by atoms with Gasteiger partial charge in [0.1, 0.15) is 0 Å². The Labute approximate surface area is 141 Å². The van der Waals surface area contributed by atoms with E-state index in [0.717, 1.165) is 30.0 Å². The molecule has 23 heavy (non-hydrogen) atoms. The molecule has 0 bridgehead atoms. The second-order valence-corrected chi connectivity index (χ2v) is 7.76. The van der Waals surface area contributed by atoms with Crippen LogP contribution in [0.5, 0.6) is 0 Å². The highest BCUT2D eigenvalue weighted by Crippen LogP contribution is 2.36. The summed E-state index contributed by atoms with van der Waals surface area (Å²) in [5, 5.41) is 2.78. The van der Waals surface area contributed by atoms with E-state index in [1.807, 2.05) is 24.0 Å². The van der Waals surface area contributed by atoms with Crippen LogP contribution in [-0.2, 0) is 4.79 Å². The van der Waals surface area contributed by atoms with E-state index in [2.05, 4.69) is 12.2 Å². The van der Waals surface area contributed by atoms with Gasteiger partial charge in [0.2, 0.25) is 5.91 Å². The quantitative estimate of drug-likeness (QED) is 0.871. The first-order chi connectivity index (χ1) is 11.0. The summed E-state index contributed by atoms with van der Waals surface area (Å²) in [4.78, 5) is 27.6. The molecule has 3 atom stereocenters. The SMILES string of the molecule is C[C@@H]1Sc2ccc(C(=O)N3CCC[C@@H](C)[C@H]3CN)cc2NC1=O. The molecule has 0 aromatic heterocycles. The highest BCUT2D eigenvalue weighted by Gasteiger charge is 2.32. The smallest absolute Gasteiger partial charge is 0.254 e. The molecule has 124 valence electrons. The number of likely N-dealkylation sites (tertiary alicyclic amines) is 1. The van der Waals surface area contributed by atoms with Gasteiger partial charge < -0.3 is 16.0 Å². The van der Waals surface area contributed by atoms with Crippen molar-refractivity contribution in [3.05, 3.63) is 23.8 Å². The molecule has 5 nitrogen and oxygen atoms in total. The highest BCUT2D eigenvalue weighted by atomic mass is 32.2. The molecule has 2 amide bonds. The number of rotatable bonds is 2. The molecule has 0 radical (unpaired) electrons. The lowest BCUT2D eigenvalue weighted by Gasteiger charge is -2.39. The van der Waals surface area contributed by atoms with E-state index in [9.17, 15) is 9.59 Å². The maximum absolute atomic E-state index is 12.9. The van der Waals surface area contributed by atoms with Gasteiger partial charge in [0, 0.05) is 29.6 Å². The number of carbonyl (C=O) groups is 2. The number of nitrogens with two attached hydrogens (primary N) is 1. The molecule has 2 aliphatic rings. The molecule has 0 aliphatic carbocycles. The fourth-order valence-corrected chi connectivity index (χ4v) is 4.30. The number of anilines is 1. The van der Waals surface area contributed by atoms with Crippen LogP contribution in [0.15, 0.2) is 23.1 Å². The summed E-state index contributed by atoms with van der Waals surface area (Å²) in [5.41, 5.74) is 7.24. The van der Waals surface area contributed by atoms with E-state index in [-0.39, 0.29) is 23.1 Å². The average Bonchev–Trinajstić information content (AvgIpc) is 2.54. The molecular weight excluding hydrogens is 310 g/mol. The van der Waals surface area contributed by atoms with Gasteiger partial charge >= 0.3 is 0 Å². The Balaban J connectivity index is 1.85. The Kier molecular flexibility index (Phi) is 4.64. The van der Waals surface area contributed by atoms with Gasteiger partial charge in [0.25, 0.3) is 5.91 Å². The standard InChI is InChI=1S/C17H23N3O2S/c1-10-4-3-7-20(14(10)9-18)17(22)12-5-6-15-13(8-12)19-16(21)11(2)23-15/h5-6,8,10-11,14H,3-4,7,9,18H2,1-2H3,(H,19,21)/t10-,11+,14-/m1/s1. The minimum atomic E-state index is -0.103. The van der Waals surface area contributed by atoms with E-state index < -0.39 is 0 Å². The number of hydrogen-bond donors (Lipinski definition) is 2. The predicted octanol–water partition coefficient (Wildman–Crippen LogP) is 2.32. The molecule has 0 spiro atoms. The van der Waals surface area contributed by atoms with Gasteiger partial charge in [0.15, 0.2) is 0 Å². The molecule has 6 heteroatoms. The number of carbonyl (C=O) groups excluding carboxylic acids is 2. The van der Waals surface area contributed by atoms with Crippen LogP contribution in [0.4, 0.5) is 5.69 Å². The van der Waals surface area contributed by atoms with Crippen LogP contribution >= 0.6 is 11.8 Å². The zero-order chi connectivity index (χ0) is 16.6. The maximum Gasteiger partial charge on any atom is 0.254 e. The van der Waals surface area contributed by atoms with Gasteiger partial charge in [-0.05, 0) is 43.9 Å². The number of piperidine rings is 1. The van der Waals surface area contributed by atoms with Gasteiger partial charge in [-0.25, -0.2) is 0 Å². The lowest BCUT2D eigenvalue weighted by atomic mass is 9.90. The van der Waals surface area contributed by atoms with Crippen LogP contribution in [-0.4, -0.2) is 41.1 Å². The highest BCUT2D eigenvalue weighted by molar-refractivity contribution is 8.00. The minimum Gasteiger partial charge on any atom is -0.334 e. The Morgan fingerprint density at radius 3 is 2.96 bits per heavy atom. The first-order valence-electron chi connectivity index (χ1n) is 8.14. The van der Waals surface area contributed by atoms with Crippen molar-refractivity contribution in [2.24, 2.45) is 11.7 Å². The van der Waals surface area contributed by atoms with E-state index in [1.165, 1.54) is 11.8 Å². The monoisotopic (exact) mass is 333 g/mol. The Morgan fingerprint density at radius 2 is 2.22 bits per heavy atom. The Morgan fingerprint density at radius 1 is 1.43 bits per heavy atom. The molecule has 2 heterocycles. The van der Waals surface area contributed by atoms with Crippen LogP contribution in [0.2, 0.25) is 0 Å².